The Labute approximate surface area is 175 Å². The molecule has 0 saturated carbocycles. The molecule has 0 aliphatic carbocycles. The highest BCUT2D eigenvalue weighted by Gasteiger charge is 2.37. The highest BCUT2D eigenvalue weighted by Crippen LogP contribution is 2.40. The number of carbonyl (C=O) groups is 1. The summed E-state index contributed by atoms with van der Waals surface area (Å²) in [7, 11) is 0. The van der Waals surface area contributed by atoms with Gasteiger partial charge in [-0.1, -0.05) is 0 Å². The van der Waals surface area contributed by atoms with E-state index in [1.54, 1.807) is 0 Å². The molecule has 7 nitrogen and oxygen atoms in total. The Morgan fingerprint density at radius 1 is 1.06 bits per heavy atom. The number of nitro groups is 1. The number of benzene rings is 2. The molecular weight excluding hydrogens is 455 g/mol. The molecule has 2 aromatic rings. The fraction of sp³-hybridized carbons (Fsp3) is 0.278. The summed E-state index contributed by atoms with van der Waals surface area (Å²) < 4.78 is 93.0. The maximum atomic E-state index is 13.0. The molecule has 0 amide bonds. The first kappa shape index (κ1) is 24.8. The summed E-state index contributed by atoms with van der Waals surface area (Å²) in [4.78, 5) is 19.4. The van der Waals surface area contributed by atoms with E-state index in [-0.39, 0.29) is 30.4 Å². The first-order chi connectivity index (χ1) is 14.8. The number of nitro benzene ring substituents is 1. The first-order valence-electron chi connectivity index (χ1n) is 8.59. The number of non-ortho nitro benzene ring substituents is 1. The van der Waals surface area contributed by atoms with Gasteiger partial charge in [0.15, 0.2) is 6.29 Å². The zero-order chi connectivity index (χ0) is 24.3. The van der Waals surface area contributed by atoms with Crippen LogP contribution in [0.15, 0.2) is 24.3 Å². The monoisotopic (exact) mass is 469 g/mol. The fourth-order valence-corrected chi connectivity index (χ4v) is 2.70. The van der Waals surface area contributed by atoms with Gasteiger partial charge in [-0.3, -0.25) is 14.9 Å². The Morgan fingerprint density at radius 2 is 1.69 bits per heavy atom. The molecule has 1 heterocycles. The summed E-state index contributed by atoms with van der Waals surface area (Å²) in [5.74, 6) is -1.92. The van der Waals surface area contributed by atoms with Crippen LogP contribution in [-0.4, -0.2) is 24.4 Å². The van der Waals surface area contributed by atoms with E-state index < -0.39 is 45.5 Å². The van der Waals surface area contributed by atoms with Gasteiger partial charge in [-0.15, -0.1) is 0 Å². The van der Waals surface area contributed by atoms with Gasteiger partial charge in [0.05, 0.1) is 21.6 Å². The molecule has 3 rings (SSSR count). The molecule has 1 aliphatic rings. The van der Waals surface area contributed by atoms with Crippen molar-refractivity contribution in [2.45, 2.75) is 18.9 Å². The molecule has 2 aromatic carbocycles. The number of alkyl halides is 6. The highest BCUT2D eigenvalue weighted by molar-refractivity contribution is 5.77. The van der Waals surface area contributed by atoms with E-state index in [9.17, 15) is 45.6 Å². The third-order valence-corrected chi connectivity index (χ3v) is 4.06. The van der Waals surface area contributed by atoms with Crippen molar-refractivity contribution in [2.24, 2.45) is 0 Å². The van der Waals surface area contributed by atoms with Crippen LogP contribution in [0.1, 0.15) is 27.0 Å². The standard InChI is InChI=1S/C10H11F3N2O.C8H3F4NO3/c11-10(12,13)8-4-7(14)3-6-5-15-1-2-16-9(6)8;9-7-4(3-14)1-5(13(15)16)2-6(7)8(10,11)12/h3-4,15H,1-2,5,14H2;1-3H. The number of nitrogens with one attached hydrogen (secondary N) is 1. The van der Waals surface area contributed by atoms with Crippen LogP contribution in [0, 0.1) is 15.9 Å². The molecule has 32 heavy (non-hydrogen) atoms. The minimum Gasteiger partial charge on any atom is -0.491 e. The average molecular weight is 469 g/mol. The van der Waals surface area contributed by atoms with Crippen molar-refractivity contribution >= 4 is 17.7 Å². The van der Waals surface area contributed by atoms with Crippen molar-refractivity contribution in [3.63, 3.8) is 0 Å². The third-order valence-electron chi connectivity index (χ3n) is 4.06. The lowest BCUT2D eigenvalue weighted by molar-refractivity contribution is -0.385. The maximum absolute atomic E-state index is 13.0. The lowest BCUT2D eigenvalue weighted by Gasteiger charge is -2.15. The second kappa shape index (κ2) is 9.38. The number of nitrogen functional groups attached to an aromatic ring is 1. The van der Waals surface area contributed by atoms with Crippen LogP contribution in [0.3, 0.4) is 0 Å². The zero-order valence-corrected chi connectivity index (χ0v) is 15.8. The molecule has 0 bridgehead atoms. The molecular formula is C18H14F7N3O4. The topological polar surface area (TPSA) is 107 Å². The van der Waals surface area contributed by atoms with Gasteiger partial charge in [0.1, 0.15) is 18.2 Å². The van der Waals surface area contributed by atoms with Crippen molar-refractivity contribution < 1.29 is 45.2 Å². The van der Waals surface area contributed by atoms with Crippen LogP contribution >= 0.6 is 0 Å². The van der Waals surface area contributed by atoms with Gasteiger partial charge in [0.2, 0.25) is 0 Å². The maximum Gasteiger partial charge on any atom is 0.420 e. The Bertz CT molecular complexity index is 1020. The van der Waals surface area contributed by atoms with Crippen molar-refractivity contribution in [3.8, 4) is 5.75 Å². The predicted octanol–water partition coefficient (Wildman–Crippen LogP) is 4.33. The van der Waals surface area contributed by atoms with Crippen LogP contribution in [0.25, 0.3) is 0 Å². The van der Waals surface area contributed by atoms with Gasteiger partial charge >= 0.3 is 12.4 Å². The van der Waals surface area contributed by atoms with Crippen LogP contribution in [0.2, 0.25) is 0 Å². The van der Waals surface area contributed by atoms with E-state index in [0.29, 0.717) is 24.7 Å². The second-order valence-corrected chi connectivity index (χ2v) is 6.35. The Kier molecular flexibility index (Phi) is 7.28. The van der Waals surface area contributed by atoms with Crippen LogP contribution in [0.4, 0.5) is 42.1 Å². The van der Waals surface area contributed by atoms with Crippen molar-refractivity contribution in [1.82, 2.24) is 5.32 Å². The number of hydrogen-bond acceptors (Lipinski definition) is 6. The van der Waals surface area contributed by atoms with E-state index in [2.05, 4.69) is 5.32 Å². The summed E-state index contributed by atoms with van der Waals surface area (Å²) in [6, 6.07) is 2.90. The Morgan fingerprint density at radius 3 is 2.22 bits per heavy atom. The normalized spacial score (nSPS) is 13.7. The number of carbonyl (C=O) groups excluding carboxylic acids is 1. The third kappa shape index (κ3) is 5.84. The van der Waals surface area contributed by atoms with Crippen LogP contribution in [-0.2, 0) is 18.9 Å². The van der Waals surface area contributed by atoms with Gasteiger partial charge in [-0.25, -0.2) is 4.39 Å². The van der Waals surface area contributed by atoms with Crippen molar-refractivity contribution in [1.29, 1.82) is 0 Å². The molecule has 14 heteroatoms. The quantitative estimate of drug-likeness (QED) is 0.223. The summed E-state index contributed by atoms with van der Waals surface area (Å²) >= 11 is 0. The fourth-order valence-electron chi connectivity index (χ4n) is 2.70. The number of fused-ring (bicyclic) bond motifs is 1. The molecule has 0 saturated heterocycles. The lowest BCUT2D eigenvalue weighted by atomic mass is 10.1. The van der Waals surface area contributed by atoms with E-state index in [0.717, 1.165) is 6.07 Å². The number of nitrogens with zero attached hydrogens (tertiary/aromatic N) is 1. The number of aldehydes is 1. The summed E-state index contributed by atoms with van der Waals surface area (Å²) in [5, 5.41) is 13.2. The first-order valence-corrected chi connectivity index (χ1v) is 8.59. The van der Waals surface area contributed by atoms with Gasteiger partial charge in [-0.2, -0.15) is 26.3 Å². The molecule has 0 atom stereocenters. The molecule has 0 aromatic heterocycles. The van der Waals surface area contributed by atoms with E-state index in [1.165, 1.54) is 6.07 Å². The van der Waals surface area contributed by atoms with E-state index in [1.807, 2.05) is 0 Å². The van der Waals surface area contributed by atoms with Gasteiger partial charge < -0.3 is 15.8 Å². The molecule has 1 aliphatic heterocycles. The molecule has 174 valence electrons. The van der Waals surface area contributed by atoms with Gasteiger partial charge in [0.25, 0.3) is 5.69 Å². The Balaban J connectivity index is 0.000000227. The number of nitrogens with two attached hydrogens (primary N) is 1. The van der Waals surface area contributed by atoms with Gasteiger partial charge in [0, 0.05) is 36.5 Å². The summed E-state index contributed by atoms with van der Waals surface area (Å²) in [5.41, 5.74) is 1.37. The van der Waals surface area contributed by atoms with Crippen LogP contribution < -0.4 is 15.8 Å². The van der Waals surface area contributed by atoms with Crippen molar-refractivity contribution in [3.05, 3.63) is 62.5 Å². The Hall–Kier alpha value is -3.42. The number of rotatable bonds is 2. The number of hydrogen-bond donors (Lipinski definition) is 2. The van der Waals surface area contributed by atoms with Gasteiger partial charge in [-0.05, 0) is 12.1 Å². The number of halogens is 7. The predicted molar refractivity (Wildman–Crippen MR) is 96.5 cm³/mol. The molecule has 0 fully saturated rings. The van der Waals surface area contributed by atoms with E-state index in [4.69, 9.17) is 10.5 Å². The molecule has 0 unspecified atom stereocenters. The molecule has 0 radical (unpaired) electrons. The minimum absolute atomic E-state index is 0.0440. The molecule has 3 N–H and O–H groups in total. The smallest absolute Gasteiger partial charge is 0.420 e. The molecule has 0 spiro atoms. The summed E-state index contributed by atoms with van der Waals surface area (Å²) in [6.07, 6.45) is -9.74. The van der Waals surface area contributed by atoms with Crippen LogP contribution in [0.5, 0.6) is 5.75 Å². The SMILES string of the molecule is Nc1cc2c(c(C(F)(F)F)c1)OCCNC2.O=Cc1cc([N+](=O)[O-])cc(C(F)(F)F)c1F. The minimum atomic E-state index is -5.09. The second-order valence-electron chi connectivity index (χ2n) is 6.35. The number of anilines is 1. The zero-order valence-electron chi connectivity index (χ0n) is 15.8. The largest absolute Gasteiger partial charge is 0.491 e. The average Bonchev–Trinajstić information content (AvgIpc) is 2.91. The number of ether oxygens (including phenoxy) is 1. The van der Waals surface area contributed by atoms with E-state index >= 15 is 0 Å². The highest BCUT2D eigenvalue weighted by atomic mass is 19.4. The lowest BCUT2D eigenvalue weighted by Crippen LogP contribution is -2.16. The summed E-state index contributed by atoms with van der Waals surface area (Å²) in [6.45, 7) is 1.08. The van der Waals surface area contributed by atoms with Crippen molar-refractivity contribution in [2.75, 3.05) is 18.9 Å².